The first-order valence-corrected chi connectivity index (χ1v) is 7.13. The van der Waals surface area contributed by atoms with Gasteiger partial charge >= 0.3 is 6.18 Å². The second-order valence-corrected chi connectivity index (χ2v) is 5.38. The van der Waals surface area contributed by atoms with E-state index in [-0.39, 0.29) is 18.0 Å². The molecule has 1 aromatic carbocycles. The number of aliphatic hydroxyl groups is 1. The van der Waals surface area contributed by atoms with Gasteiger partial charge in [-0.2, -0.15) is 18.3 Å². The smallest absolute Gasteiger partial charge is 0.392 e. The third kappa shape index (κ3) is 3.30. The van der Waals surface area contributed by atoms with Gasteiger partial charge in [-0.3, -0.25) is 5.10 Å². The van der Waals surface area contributed by atoms with Gasteiger partial charge in [-0.1, -0.05) is 0 Å². The zero-order valence-electron chi connectivity index (χ0n) is 12.6. The summed E-state index contributed by atoms with van der Waals surface area (Å²) in [6.07, 6.45) is -0.709. The predicted octanol–water partition coefficient (Wildman–Crippen LogP) is 2.83. The van der Waals surface area contributed by atoms with Gasteiger partial charge in [0.15, 0.2) is 0 Å². The highest BCUT2D eigenvalue weighted by molar-refractivity contribution is 5.94. The van der Waals surface area contributed by atoms with Gasteiger partial charge in [0, 0.05) is 29.9 Å². The minimum atomic E-state index is -4.46. The number of halogens is 3. The van der Waals surface area contributed by atoms with Crippen molar-refractivity contribution >= 4 is 16.9 Å². The van der Waals surface area contributed by atoms with Crippen molar-refractivity contribution in [1.29, 1.82) is 0 Å². The van der Waals surface area contributed by atoms with Crippen LogP contribution in [-0.2, 0) is 6.18 Å². The quantitative estimate of drug-likeness (QED) is 0.681. The fourth-order valence-corrected chi connectivity index (χ4v) is 2.25. The van der Waals surface area contributed by atoms with Crippen LogP contribution in [0, 0.1) is 0 Å². The number of H-pyrrole nitrogens is 1. The summed E-state index contributed by atoms with van der Waals surface area (Å²) in [5, 5.41) is 18.9. The van der Waals surface area contributed by atoms with Crippen molar-refractivity contribution in [3.8, 4) is 11.1 Å². The Hall–Kier alpha value is -2.68. The maximum absolute atomic E-state index is 13.1. The van der Waals surface area contributed by atoms with Gasteiger partial charge < -0.3 is 10.4 Å². The molecule has 0 spiro atoms. The molecule has 126 valence electrons. The molecule has 0 saturated heterocycles. The zero-order valence-corrected chi connectivity index (χ0v) is 12.6. The monoisotopic (exact) mass is 337 g/mol. The molecule has 9 heteroatoms. The Morgan fingerprint density at radius 1 is 1.21 bits per heavy atom. The molecule has 6 nitrogen and oxygen atoms in total. The predicted molar refractivity (Wildman–Crippen MR) is 82.3 cm³/mol. The SMILES string of the molecule is CC(O)CNc1ncc(-c2cc(C(F)(F)F)cc3[nH]ncc23)cn1. The second-order valence-electron chi connectivity index (χ2n) is 5.38. The molecule has 24 heavy (non-hydrogen) atoms. The molecule has 0 saturated carbocycles. The van der Waals surface area contributed by atoms with Gasteiger partial charge in [-0.15, -0.1) is 0 Å². The Morgan fingerprint density at radius 2 is 1.92 bits per heavy atom. The summed E-state index contributed by atoms with van der Waals surface area (Å²) in [4.78, 5) is 8.13. The molecule has 2 aromatic heterocycles. The summed E-state index contributed by atoms with van der Waals surface area (Å²) in [5.41, 5.74) is 0.299. The maximum atomic E-state index is 13.1. The van der Waals surface area contributed by atoms with Crippen molar-refractivity contribution in [2.45, 2.75) is 19.2 Å². The number of hydrogen-bond acceptors (Lipinski definition) is 5. The van der Waals surface area contributed by atoms with E-state index in [1.807, 2.05) is 0 Å². The first-order chi connectivity index (χ1) is 11.3. The molecule has 0 aliphatic carbocycles. The Balaban J connectivity index is 2.00. The van der Waals surface area contributed by atoms with E-state index in [9.17, 15) is 18.3 Å². The number of aromatic amines is 1. The van der Waals surface area contributed by atoms with Gasteiger partial charge in [0.05, 0.1) is 23.4 Å². The molecule has 0 aliphatic rings. The lowest BCUT2D eigenvalue weighted by molar-refractivity contribution is -0.137. The van der Waals surface area contributed by atoms with Crippen LogP contribution in [0.15, 0.2) is 30.7 Å². The summed E-state index contributed by atoms with van der Waals surface area (Å²) in [7, 11) is 0. The molecule has 3 aromatic rings. The van der Waals surface area contributed by atoms with Crippen molar-refractivity contribution in [2.75, 3.05) is 11.9 Å². The lowest BCUT2D eigenvalue weighted by Crippen LogP contribution is -2.16. The molecule has 0 aliphatic heterocycles. The van der Waals surface area contributed by atoms with Crippen LogP contribution < -0.4 is 5.32 Å². The van der Waals surface area contributed by atoms with E-state index in [2.05, 4.69) is 25.5 Å². The van der Waals surface area contributed by atoms with Crippen LogP contribution in [0.3, 0.4) is 0 Å². The normalized spacial score (nSPS) is 13.2. The maximum Gasteiger partial charge on any atom is 0.416 e. The van der Waals surface area contributed by atoms with Gasteiger partial charge in [0.2, 0.25) is 5.95 Å². The molecular weight excluding hydrogens is 323 g/mol. The molecule has 3 N–H and O–H groups in total. The van der Waals surface area contributed by atoms with Crippen LogP contribution in [0.25, 0.3) is 22.0 Å². The number of aromatic nitrogens is 4. The number of anilines is 1. The van der Waals surface area contributed by atoms with Crippen LogP contribution in [0.4, 0.5) is 19.1 Å². The van der Waals surface area contributed by atoms with Crippen molar-refractivity contribution in [2.24, 2.45) is 0 Å². The first kappa shape index (κ1) is 16.2. The fraction of sp³-hybridized carbons (Fsp3) is 0.267. The molecule has 1 atom stereocenters. The number of alkyl halides is 3. The highest BCUT2D eigenvalue weighted by Gasteiger charge is 2.31. The average molecular weight is 337 g/mol. The van der Waals surface area contributed by atoms with E-state index >= 15 is 0 Å². The summed E-state index contributed by atoms with van der Waals surface area (Å²) in [6.45, 7) is 1.88. The zero-order chi connectivity index (χ0) is 17.3. The minimum absolute atomic E-state index is 0.273. The third-order valence-corrected chi connectivity index (χ3v) is 3.40. The van der Waals surface area contributed by atoms with Gasteiger partial charge in [-0.05, 0) is 24.6 Å². The van der Waals surface area contributed by atoms with Gasteiger partial charge in [-0.25, -0.2) is 9.97 Å². The van der Waals surface area contributed by atoms with E-state index < -0.39 is 17.8 Å². The number of nitrogens with one attached hydrogen (secondary N) is 2. The molecular formula is C15H14F3N5O. The first-order valence-electron chi connectivity index (χ1n) is 7.13. The van der Waals surface area contributed by atoms with Gasteiger partial charge in [0.25, 0.3) is 0 Å². The molecule has 2 heterocycles. The van der Waals surface area contributed by atoms with Crippen LogP contribution in [0.5, 0.6) is 0 Å². The fourth-order valence-electron chi connectivity index (χ4n) is 2.25. The molecule has 0 fully saturated rings. The van der Waals surface area contributed by atoms with E-state index in [0.717, 1.165) is 12.1 Å². The number of fused-ring (bicyclic) bond motifs is 1. The largest absolute Gasteiger partial charge is 0.416 e. The van der Waals surface area contributed by atoms with Crippen LogP contribution in [0.1, 0.15) is 12.5 Å². The molecule has 1 unspecified atom stereocenters. The Labute approximate surface area is 134 Å². The summed E-state index contributed by atoms with van der Waals surface area (Å²) in [5.74, 6) is 0.287. The minimum Gasteiger partial charge on any atom is -0.392 e. The van der Waals surface area contributed by atoms with E-state index in [0.29, 0.717) is 16.5 Å². The van der Waals surface area contributed by atoms with Gasteiger partial charge in [0.1, 0.15) is 0 Å². The topological polar surface area (TPSA) is 86.7 Å². The van der Waals surface area contributed by atoms with Crippen molar-refractivity contribution < 1.29 is 18.3 Å². The average Bonchev–Trinajstić information content (AvgIpc) is 3.00. The number of rotatable bonds is 4. The number of nitrogens with zero attached hydrogens (tertiary/aromatic N) is 3. The summed E-state index contributed by atoms with van der Waals surface area (Å²) in [6, 6.07) is 2.07. The lowest BCUT2D eigenvalue weighted by atomic mass is 10.0. The summed E-state index contributed by atoms with van der Waals surface area (Å²) >= 11 is 0. The highest BCUT2D eigenvalue weighted by atomic mass is 19.4. The number of aliphatic hydroxyl groups excluding tert-OH is 1. The summed E-state index contributed by atoms with van der Waals surface area (Å²) < 4.78 is 39.2. The Kier molecular flexibility index (Phi) is 4.10. The van der Waals surface area contributed by atoms with E-state index in [4.69, 9.17) is 0 Å². The molecule has 0 radical (unpaired) electrons. The van der Waals surface area contributed by atoms with Crippen molar-refractivity contribution in [1.82, 2.24) is 20.2 Å². The van der Waals surface area contributed by atoms with Crippen LogP contribution in [0.2, 0.25) is 0 Å². The third-order valence-electron chi connectivity index (χ3n) is 3.40. The molecule has 3 rings (SSSR count). The van der Waals surface area contributed by atoms with E-state index in [1.54, 1.807) is 6.92 Å². The highest BCUT2D eigenvalue weighted by Crippen LogP contribution is 2.36. The van der Waals surface area contributed by atoms with E-state index in [1.165, 1.54) is 18.6 Å². The second kappa shape index (κ2) is 6.08. The van der Waals surface area contributed by atoms with Crippen molar-refractivity contribution in [3.05, 3.63) is 36.3 Å². The van der Waals surface area contributed by atoms with Crippen molar-refractivity contribution in [3.63, 3.8) is 0 Å². The molecule has 0 bridgehead atoms. The lowest BCUT2D eigenvalue weighted by Gasteiger charge is -2.11. The molecule has 0 amide bonds. The standard InChI is InChI=1S/C15H14F3N5O/c1-8(24)4-19-14-20-5-9(6-21-14)11-2-10(15(16,17)18)3-13-12(11)7-22-23-13/h2-3,5-8,24H,4H2,1H3,(H,22,23)(H,19,20,21). The van der Waals surface area contributed by atoms with Crippen LogP contribution in [-0.4, -0.2) is 37.9 Å². The number of benzene rings is 1. The van der Waals surface area contributed by atoms with Crippen LogP contribution >= 0.6 is 0 Å². The Bertz CT molecular complexity index is 842. The number of hydrogen-bond donors (Lipinski definition) is 3. The Morgan fingerprint density at radius 3 is 2.54 bits per heavy atom.